The van der Waals surface area contributed by atoms with Gasteiger partial charge in [0.1, 0.15) is 0 Å². The fourth-order valence-corrected chi connectivity index (χ4v) is 3.93. The number of ether oxygens (including phenoxy) is 3. The molecule has 1 aromatic heterocycles. The van der Waals surface area contributed by atoms with Crippen LogP contribution in [0.4, 0.5) is 0 Å². The number of para-hydroxylation sites is 1. The molecule has 0 fully saturated rings. The maximum atomic E-state index is 12.8. The first kappa shape index (κ1) is 22.0. The molecule has 4 rings (SSSR count). The Hall–Kier alpha value is -4.26. The number of benzene rings is 3. The number of aryl methyl sites for hydroxylation is 1. The number of amides is 1. The first-order valence-corrected chi connectivity index (χ1v) is 10.3. The van der Waals surface area contributed by atoms with Crippen molar-refractivity contribution in [2.45, 2.75) is 0 Å². The molecule has 0 saturated carbocycles. The van der Waals surface area contributed by atoms with Gasteiger partial charge in [0.05, 0.1) is 33.2 Å². The molecule has 1 amide bonds. The summed E-state index contributed by atoms with van der Waals surface area (Å²) in [4.78, 5) is 12.8. The van der Waals surface area contributed by atoms with E-state index in [2.05, 4.69) is 33.3 Å². The zero-order valence-corrected chi connectivity index (χ0v) is 19.0. The van der Waals surface area contributed by atoms with Gasteiger partial charge in [-0.15, -0.1) is 0 Å². The van der Waals surface area contributed by atoms with E-state index >= 15 is 0 Å². The van der Waals surface area contributed by atoms with Crippen LogP contribution in [0.1, 0.15) is 15.9 Å². The van der Waals surface area contributed by atoms with Gasteiger partial charge in [0.25, 0.3) is 5.91 Å². The van der Waals surface area contributed by atoms with E-state index in [1.165, 1.54) is 21.3 Å². The van der Waals surface area contributed by atoms with Crippen molar-refractivity contribution in [1.29, 1.82) is 0 Å². The minimum atomic E-state index is -0.396. The van der Waals surface area contributed by atoms with Gasteiger partial charge < -0.3 is 18.8 Å². The molecule has 1 heterocycles. The lowest BCUT2D eigenvalue weighted by atomic mass is 10.1. The van der Waals surface area contributed by atoms with E-state index in [4.69, 9.17) is 14.2 Å². The fourth-order valence-electron chi connectivity index (χ4n) is 3.93. The first-order chi connectivity index (χ1) is 16.1. The van der Waals surface area contributed by atoms with Gasteiger partial charge in [0.2, 0.25) is 5.75 Å². The van der Waals surface area contributed by atoms with Gasteiger partial charge in [-0.1, -0.05) is 48.5 Å². The van der Waals surface area contributed by atoms with Crippen molar-refractivity contribution in [1.82, 2.24) is 9.99 Å². The Morgan fingerprint density at radius 3 is 2.18 bits per heavy atom. The Bertz CT molecular complexity index is 1300. The number of rotatable bonds is 7. The Kier molecular flexibility index (Phi) is 6.31. The number of fused-ring (bicyclic) bond motifs is 1. The number of carbonyl (C=O) groups is 1. The number of aromatic nitrogens is 1. The zero-order valence-electron chi connectivity index (χ0n) is 19.0. The lowest BCUT2D eigenvalue weighted by molar-refractivity contribution is 0.0954. The van der Waals surface area contributed by atoms with Crippen molar-refractivity contribution in [3.63, 3.8) is 0 Å². The van der Waals surface area contributed by atoms with Crippen LogP contribution >= 0.6 is 0 Å². The van der Waals surface area contributed by atoms with Crippen LogP contribution in [-0.2, 0) is 7.05 Å². The van der Waals surface area contributed by atoms with Gasteiger partial charge in [-0.25, -0.2) is 5.43 Å². The summed E-state index contributed by atoms with van der Waals surface area (Å²) in [6.45, 7) is 0. The Morgan fingerprint density at radius 2 is 1.55 bits per heavy atom. The zero-order chi connectivity index (χ0) is 23.4. The number of hydrogen-bond acceptors (Lipinski definition) is 5. The lowest BCUT2D eigenvalue weighted by Gasteiger charge is -2.13. The Morgan fingerprint density at radius 1 is 0.909 bits per heavy atom. The van der Waals surface area contributed by atoms with Crippen LogP contribution in [0.5, 0.6) is 17.2 Å². The topological polar surface area (TPSA) is 74.1 Å². The van der Waals surface area contributed by atoms with E-state index in [1.54, 1.807) is 18.3 Å². The summed E-state index contributed by atoms with van der Waals surface area (Å²) in [7, 11) is 6.54. The van der Waals surface area contributed by atoms with Crippen LogP contribution in [0.3, 0.4) is 0 Å². The highest BCUT2D eigenvalue weighted by atomic mass is 16.5. The molecule has 3 aromatic carbocycles. The predicted octanol–water partition coefficient (Wildman–Crippen LogP) is 4.64. The van der Waals surface area contributed by atoms with Crippen LogP contribution in [0.2, 0.25) is 0 Å². The molecule has 0 saturated heterocycles. The number of nitrogens with one attached hydrogen (secondary N) is 1. The third-order valence-electron chi connectivity index (χ3n) is 5.48. The number of hydrazone groups is 1. The molecular formula is C26H25N3O4. The maximum absolute atomic E-state index is 12.8. The number of carbonyl (C=O) groups excluding carboxylic acids is 1. The molecule has 0 aliphatic rings. The van der Waals surface area contributed by atoms with E-state index in [0.29, 0.717) is 22.8 Å². The molecule has 0 atom stereocenters. The molecule has 0 spiro atoms. The average molecular weight is 444 g/mol. The first-order valence-electron chi connectivity index (χ1n) is 10.3. The fraction of sp³-hybridized carbons (Fsp3) is 0.154. The second kappa shape index (κ2) is 9.48. The molecule has 0 unspecified atom stereocenters. The second-order valence-corrected chi connectivity index (χ2v) is 7.32. The minimum absolute atomic E-state index is 0.336. The highest BCUT2D eigenvalue weighted by Crippen LogP contribution is 2.38. The molecule has 0 aliphatic carbocycles. The van der Waals surface area contributed by atoms with Gasteiger partial charge >= 0.3 is 0 Å². The third-order valence-corrected chi connectivity index (χ3v) is 5.48. The van der Waals surface area contributed by atoms with Gasteiger partial charge in [0, 0.05) is 29.1 Å². The highest BCUT2D eigenvalue weighted by molar-refractivity contribution is 6.07. The van der Waals surface area contributed by atoms with Crippen LogP contribution in [0.15, 0.2) is 71.8 Å². The molecule has 0 bridgehead atoms. The average Bonchev–Trinajstić information content (AvgIpc) is 3.15. The van der Waals surface area contributed by atoms with E-state index in [1.807, 2.05) is 43.4 Å². The van der Waals surface area contributed by atoms with Crippen LogP contribution in [-0.4, -0.2) is 38.0 Å². The molecule has 168 valence electrons. The molecule has 1 N–H and O–H groups in total. The van der Waals surface area contributed by atoms with Crippen molar-refractivity contribution in [3.8, 4) is 28.5 Å². The normalized spacial score (nSPS) is 11.0. The maximum Gasteiger partial charge on any atom is 0.271 e. The van der Waals surface area contributed by atoms with E-state index in [-0.39, 0.29) is 0 Å². The van der Waals surface area contributed by atoms with Crippen LogP contribution in [0, 0.1) is 0 Å². The summed E-state index contributed by atoms with van der Waals surface area (Å²) in [6, 6.07) is 21.4. The van der Waals surface area contributed by atoms with Crippen LogP contribution in [0.25, 0.3) is 22.2 Å². The third kappa shape index (κ3) is 4.13. The van der Waals surface area contributed by atoms with Gasteiger partial charge in [-0.3, -0.25) is 4.79 Å². The largest absolute Gasteiger partial charge is 0.493 e. The Labute approximate surface area is 192 Å². The molecule has 4 aromatic rings. The molecule has 33 heavy (non-hydrogen) atoms. The summed E-state index contributed by atoms with van der Waals surface area (Å²) < 4.78 is 18.1. The van der Waals surface area contributed by atoms with Crippen molar-refractivity contribution in [2.24, 2.45) is 12.1 Å². The van der Waals surface area contributed by atoms with Crippen LogP contribution < -0.4 is 19.6 Å². The Balaban J connectivity index is 1.68. The summed E-state index contributed by atoms with van der Waals surface area (Å²) in [6.07, 6.45) is 1.68. The summed E-state index contributed by atoms with van der Waals surface area (Å²) in [5, 5.41) is 5.32. The van der Waals surface area contributed by atoms with Crippen molar-refractivity contribution in [3.05, 3.63) is 77.9 Å². The number of methoxy groups -OCH3 is 3. The smallest absolute Gasteiger partial charge is 0.271 e. The molecule has 7 heteroatoms. The monoisotopic (exact) mass is 443 g/mol. The summed E-state index contributed by atoms with van der Waals surface area (Å²) >= 11 is 0. The van der Waals surface area contributed by atoms with E-state index in [9.17, 15) is 4.79 Å². The molecule has 7 nitrogen and oxygen atoms in total. The molecule has 0 aliphatic heterocycles. The predicted molar refractivity (Wildman–Crippen MR) is 130 cm³/mol. The van der Waals surface area contributed by atoms with Gasteiger partial charge in [-0.05, 0) is 23.8 Å². The minimum Gasteiger partial charge on any atom is -0.493 e. The van der Waals surface area contributed by atoms with Gasteiger partial charge in [-0.2, -0.15) is 5.10 Å². The molecular weight excluding hydrogens is 418 g/mol. The lowest BCUT2D eigenvalue weighted by Crippen LogP contribution is -2.18. The quantitative estimate of drug-likeness (QED) is 0.334. The second-order valence-electron chi connectivity index (χ2n) is 7.32. The van der Waals surface area contributed by atoms with Crippen molar-refractivity contribution < 1.29 is 19.0 Å². The van der Waals surface area contributed by atoms with Crippen molar-refractivity contribution >= 4 is 23.0 Å². The SMILES string of the molecule is COc1cc(C(=O)N/N=C\c2c(-c3ccccc3)n(C)c3ccccc23)cc(OC)c1OC. The summed E-state index contributed by atoms with van der Waals surface area (Å²) in [5.74, 6) is 0.813. The van der Waals surface area contributed by atoms with E-state index < -0.39 is 5.91 Å². The standard InChI is InChI=1S/C26H25N3O4/c1-29-21-13-9-8-12-19(21)20(24(29)17-10-6-5-7-11-17)16-27-28-26(30)18-14-22(31-2)25(33-4)23(15-18)32-3/h5-16H,1-4H3,(H,28,30)/b27-16-. The highest BCUT2D eigenvalue weighted by Gasteiger charge is 2.18. The molecule has 0 radical (unpaired) electrons. The van der Waals surface area contributed by atoms with Crippen molar-refractivity contribution in [2.75, 3.05) is 21.3 Å². The number of nitrogens with zero attached hydrogens (tertiary/aromatic N) is 2. The van der Waals surface area contributed by atoms with Gasteiger partial charge in [0.15, 0.2) is 11.5 Å². The number of hydrogen-bond donors (Lipinski definition) is 1. The summed E-state index contributed by atoms with van der Waals surface area (Å²) in [5.41, 5.74) is 7.02. The van der Waals surface area contributed by atoms with E-state index in [0.717, 1.165) is 27.7 Å².